The number of aliphatic hydroxyl groups excluding tert-OH is 1. The molecule has 0 spiro atoms. The van der Waals surface area contributed by atoms with Crippen LogP contribution >= 0.6 is 0 Å². The zero-order valence-corrected chi connectivity index (χ0v) is 8.91. The summed E-state index contributed by atoms with van der Waals surface area (Å²) in [6.07, 6.45) is 5.79. The van der Waals surface area contributed by atoms with Crippen LogP contribution in [0.5, 0.6) is 0 Å². The van der Waals surface area contributed by atoms with Gasteiger partial charge in [-0.25, -0.2) is 0 Å². The van der Waals surface area contributed by atoms with Gasteiger partial charge < -0.3 is 15.2 Å². The summed E-state index contributed by atoms with van der Waals surface area (Å²) in [6.45, 7) is 3.07. The van der Waals surface area contributed by atoms with Crippen LogP contribution in [0.3, 0.4) is 0 Å². The lowest BCUT2D eigenvalue weighted by Gasteiger charge is -2.25. The maximum absolute atomic E-state index is 9.68. The molecule has 1 aliphatic carbocycles. The largest absolute Gasteiger partial charge is 0.392 e. The second-order valence-electron chi connectivity index (χ2n) is 4.61. The Kier molecular flexibility index (Phi) is 3.42. The standard InChI is InChI=1S/C11H21NO2/c1-8(11-6-3-7-14-11)12-9-4-2-5-10(9)13/h8-13H,2-7H2,1H3/t8?,9-,10-,11?/m1/s1. The summed E-state index contributed by atoms with van der Waals surface area (Å²) >= 11 is 0. The van der Waals surface area contributed by atoms with Gasteiger partial charge in [0.05, 0.1) is 12.2 Å². The van der Waals surface area contributed by atoms with Crippen molar-refractivity contribution in [3.05, 3.63) is 0 Å². The van der Waals surface area contributed by atoms with Gasteiger partial charge in [0, 0.05) is 18.7 Å². The molecule has 2 rings (SSSR count). The highest BCUT2D eigenvalue weighted by Crippen LogP contribution is 2.22. The van der Waals surface area contributed by atoms with Crippen LogP contribution in [-0.4, -0.2) is 36.0 Å². The van der Waals surface area contributed by atoms with Gasteiger partial charge in [-0.05, 0) is 39.0 Å². The third kappa shape index (κ3) is 2.27. The second kappa shape index (κ2) is 4.60. The Morgan fingerprint density at radius 2 is 2.14 bits per heavy atom. The first-order valence-corrected chi connectivity index (χ1v) is 5.83. The van der Waals surface area contributed by atoms with Gasteiger partial charge >= 0.3 is 0 Å². The molecule has 2 unspecified atom stereocenters. The molecule has 3 nitrogen and oxygen atoms in total. The van der Waals surface area contributed by atoms with Gasteiger partial charge in [-0.1, -0.05) is 0 Å². The summed E-state index contributed by atoms with van der Waals surface area (Å²) < 4.78 is 5.62. The lowest BCUT2D eigenvalue weighted by Crippen LogP contribution is -2.46. The van der Waals surface area contributed by atoms with Gasteiger partial charge in [0.2, 0.25) is 0 Å². The normalized spacial score (nSPS) is 40.3. The van der Waals surface area contributed by atoms with Crippen molar-refractivity contribution in [3.63, 3.8) is 0 Å². The van der Waals surface area contributed by atoms with E-state index in [-0.39, 0.29) is 6.10 Å². The molecule has 0 aromatic heterocycles. The van der Waals surface area contributed by atoms with Crippen molar-refractivity contribution in [2.75, 3.05) is 6.61 Å². The number of aliphatic hydroxyl groups is 1. The van der Waals surface area contributed by atoms with E-state index < -0.39 is 0 Å². The summed E-state index contributed by atoms with van der Waals surface area (Å²) in [5.41, 5.74) is 0. The fraction of sp³-hybridized carbons (Fsp3) is 1.00. The molecule has 2 aliphatic rings. The van der Waals surface area contributed by atoms with Crippen LogP contribution in [0, 0.1) is 0 Å². The predicted molar refractivity (Wildman–Crippen MR) is 55.2 cm³/mol. The van der Waals surface area contributed by atoms with Crippen LogP contribution in [-0.2, 0) is 4.74 Å². The second-order valence-corrected chi connectivity index (χ2v) is 4.61. The van der Waals surface area contributed by atoms with Crippen molar-refractivity contribution in [1.29, 1.82) is 0 Å². The molecule has 0 radical (unpaired) electrons. The molecule has 14 heavy (non-hydrogen) atoms. The van der Waals surface area contributed by atoms with Crippen LogP contribution in [0.1, 0.15) is 39.0 Å². The summed E-state index contributed by atoms with van der Waals surface area (Å²) in [7, 11) is 0. The predicted octanol–water partition coefficient (Wildman–Crippen LogP) is 1.06. The summed E-state index contributed by atoms with van der Waals surface area (Å²) in [5, 5.41) is 13.2. The average Bonchev–Trinajstić information content (AvgIpc) is 2.77. The minimum absolute atomic E-state index is 0.140. The van der Waals surface area contributed by atoms with E-state index in [1.165, 1.54) is 6.42 Å². The van der Waals surface area contributed by atoms with E-state index in [4.69, 9.17) is 4.74 Å². The molecule has 0 amide bonds. The molecular weight excluding hydrogens is 178 g/mol. The molecular formula is C11H21NO2. The Morgan fingerprint density at radius 3 is 2.71 bits per heavy atom. The number of hydrogen-bond donors (Lipinski definition) is 2. The topological polar surface area (TPSA) is 41.5 Å². The SMILES string of the molecule is CC(N[C@@H]1CCC[C@H]1O)C1CCCO1. The first kappa shape index (κ1) is 10.4. The zero-order valence-electron chi connectivity index (χ0n) is 8.91. The molecule has 0 bridgehead atoms. The summed E-state index contributed by atoms with van der Waals surface area (Å²) in [6, 6.07) is 0.685. The summed E-state index contributed by atoms with van der Waals surface area (Å²) in [4.78, 5) is 0. The Morgan fingerprint density at radius 1 is 1.29 bits per heavy atom. The molecule has 1 heterocycles. The molecule has 4 atom stereocenters. The molecule has 0 aromatic carbocycles. The van der Waals surface area contributed by atoms with Crippen molar-refractivity contribution >= 4 is 0 Å². The van der Waals surface area contributed by atoms with Crippen molar-refractivity contribution in [2.24, 2.45) is 0 Å². The Labute approximate surface area is 85.8 Å². The van der Waals surface area contributed by atoms with Gasteiger partial charge in [0.25, 0.3) is 0 Å². The van der Waals surface area contributed by atoms with E-state index in [9.17, 15) is 5.11 Å². The Bertz CT molecular complexity index is 180. The van der Waals surface area contributed by atoms with E-state index >= 15 is 0 Å². The average molecular weight is 199 g/mol. The summed E-state index contributed by atoms with van der Waals surface area (Å²) in [5.74, 6) is 0. The lowest BCUT2D eigenvalue weighted by atomic mass is 10.1. The molecule has 2 N–H and O–H groups in total. The van der Waals surface area contributed by atoms with E-state index in [2.05, 4.69) is 12.2 Å². The van der Waals surface area contributed by atoms with Crippen molar-refractivity contribution in [1.82, 2.24) is 5.32 Å². The quantitative estimate of drug-likeness (QED) is 0.714. The molecule has 1 aliphatic heterocycles. The number of nitrogens with one attached hydrogen (secondary N) is 1. The van der Waals surface area contributed by atoms with E-state index in [0.717, 1.165) is 32.3 Å². The van der Waals surface area contributed by atoms with Crippen LogP contribution < -0.4 is 5.32 Å². The van der Waals surface area contributed by atoms with Gasteiger partial charge in [-0.3, -0.25) is 0 Å². The van der Waals surface area contributed by atoms with Gasteiger partial charge in [0.1, 0.15) is 0 Å². The fourth-order valence-corrected chi connectivity index (χ4v) is 2.58. The van der Waals surface area contributed by atoms with Gasteiger partial charge in [-0.15, -0.1) is 0 Å². The molecule has 1 saturated heterocycles. The number of rotatable bonds is 3. The molecule has 82 valence electrons. The van der Waals surface area contributed by atoms with E-state index in [0.29, 0.717) is 18.2 Å². The Balaban J connectivity index is 1.78. The first-order chi connectivity index (χ1) is 6.77. The molecule has 2 fully saturated rings. The van der Waals surface area contributed by atoms with Crippen molar-refractivity contribution < 1.29 is 9.84 Å². The monoisotopic (exact) mass is 199 g/mol. The highest BCUT2D eigenvalue weighted by atomic mass is 16.5. The van der Waals surface area contributed by atoms with E-state index in [1.807, 2.05) is 0 Å². The number of hydrogen-bond acceptors (Lipinski definition) is 3. The van der Waals surface area contributed by atoms with Crippen LogP contribution in [0.15, 0.2) is 0 Å². The molecule has 1 saturated carbocycles. The minimum Gasteiger partial charge on any atom is -0.392 e. The van der Waals surface area contributed by atoms with Crippen LogP contribution in [0.4, 0.5) is 0 Å². The molecule has 3 heteroatoms. The smallest absolute Gasteiger partial charge is 0.0726 e. The molecule has 0 aromatic rings. The highest BCUT2D eigenvalue weighted by Gasteiger charge is 2.29. The lowest BCUT2D eigenvalue weighted by molar-refractivity contribution is 0.0680. The van der Waals surface area contributed by atoms with Gasteiger partial charge in [-0.2, -0.15) is 0 Å². The van der Waals surface area contributed by atoms with Crippen molar-refractivity contribution in [3.8, 4) is 0 Å². The number of ether oxygens (including phenoxy) is 1. The zero-order chi connectivity index (χ0) is 9.97. The van der Waals surface area contributed by atoms with Crippen molar-refractivity contribution in [2.45, 2.75) is 63.3 Å². The third-order valence-electron chi connectivity index (χ3n) is 3.48. The van der Waals surface area contributed by atoms with Crippen LogP contribution in [0.2, 0.25) is 0 Å². The fourth-order valence-electron chi connectivity index (χ4n) is 2.58. The Hall–Kier alpha value is -0.120. The van der Waals surface area contributed by atoms with E-state index in [1.54, 1.807) is 0 Å². The first-order valence-electron chi connectivity index (χ1n) is 5.83. The maximum atomic E-state index is 9.68. The van der Waals surface area contributed by atoms with Gasteiger partial charge in [0.15, 0.2) is 0 Å². The van der Waals surface area contributed by atoms with Crippen LogP contribution in [0.25, 0.3) is 0 Å². The highest BCUT2D eigenvalue weighted by molar-refractivity contribution is 4.87. The minimum atomic E-state index is -0.140. The third-order valence-corrected chi connectivity index (χ3v) is 3.48. The maximum Gasteiger partial charge on any atom is 0.0726 e.